The third-order valence-electron chi connectivity index (χ3n) is 0.426. The minimum atomic E-state index is -2.56. The quantitative estimate of drug-likeness (QED) is 0.509. The van der Waals surface area contributed by atoms with Crippen LogP contribution < -0.4 is 0 Å². The Kier molecular flexibility index (Phi) is 4.11. The van der Waals surface area contributed by atoms with Gasteiger partial charge in [0, 0.05) is 0 Å². The van der Waals surface area contributed by atoms with E-state index in [0.29, 0.717) is 0 Å². The third-order valence-corrected chi connectivity index (χ3v) is 3.26. The lowest BCUT2D eigenvalue weighted by Gasteiger charge is -2.19. The average molecular weight is 231 g/mol. The Labute approximate surface area is 74.7 Å². The lowest BCUT2D eigenvalue weighted by Crippen LogP contribution is -2.23. The summed E-state index contributed by atoms with van der Waals surface area (Å²) >= 11 is 17.8. The summed E-state index contributed by atoms with van der Waals surface area (Å²) in [5.41, 5.74) is 0. The number of rotatable bonds is 1. The van der Waals surface area contributed by atoms with Gasteiger partial charge in [-0.25, -0.2) is 0 Å². The van der Waals surface area contributed by atoms with Gasteiger partial charge in [0.1, 0.15) is 4.71 Å². The summed E-state index contributed by atoms with van der Waals surface area (Å²) in [4.78, 5) is 0. The summed E-state index contributed by atoms with van der Waals surface area (Å²) in [5.74, 6) is 0. The van der Waals surface area contributed by atoms with Gasteiger partial charge < -0.3 is 4.55 Å². The van der Waals surface area contributed by atoms with Crippen LogP contribution in [0.15, 0.2) is 0 Å². The van der Waals surface area contributed by atoms with Gasteiger partial charge in [-0.05, 0) is 11.1 Å². The molecule has 7 heteroatoms. The van der Waals surface area contributed by atoms with E-state index in [9.17, 15) is 8.76 Å². The molecule has 0 aliphatic rings. The van der Waals surface area contributed by atoms with E-state index in [4.69, 9.17) is 46.4 Å². The molecule has 0 aromatic carbocycles. The molecule has 9 heavy (non-hydrogen) atoms. The van der Waals surface area contributed by atoms with E-state index in [0.717, 1.165) is 0 Å². The molecule has 0 N–H and O–H groups in total. The van der Waals surface area contributed by atoms with E-state index in [1.165, 1.54) is 0 Å². The fourth-order valence-corrected chi connectivity index (χ4v) is 0.982. The first-order valence-electron chi connectivity index (χ1n) is 1.64. The van der Waals surface area contributed by atoms with Gasteiger partial charge in [-0.1, -0.05) is 34.8 Å². The van der Waals surface area contributed by atoms with Gasteiger partial charge >= 0.3 is 0 Å². The highest BCUT2D eigenvalue weighted by atomic mass is 35.6. The van der Waals surface area contributed by atoms with Gasteiger partial charge in [-0.2, -0.15) is 0 Å². The number of hydrogen-bond donors (Lipinski definition) is 0. The van der Waals surface area contributed by atoms with Crippen LogP contribution in [0, 0.1) is 0 Å². The fourth-order valence-electron chi connectivity index (χ4n) is 0.109. The molecule has 0 amide bonds. The van der Waals surface area contributed by atoms with Crippen molar-refractivity contribution in [2.24, 2.45) is 0 Å². The first-order chi connectivity index (χ1) is 3.85. The van der Waals surface area contributed by atoms with Gasteiger partial charge in [0.05, 0.1) is 0 Å². The zero-order valence-electron chi connectivity index (χ0n) is 3.81. The first kappa shape index (κ1) is 10.3. The molecule has 0 aliphatic carbocycles. The smallest absolute Gasteiger partial charge is 0.217 e. The van der Waals surface area contributed by atoms with Crippen LogP contribution in [0.2, 0.25) is 0 Å². The summed E-state index contributed by atoms with van der Waals surface area (Å²) < 4.78 is 16.5. The largest absolute Gasteiger partial charge is 0.771 e. The van der Waals surface area contributed by atoms with Gasteiger partial charge in [-0.15, -0.1) is 11.6 Å². The highest BCUT2D eigenvalue weighted by Gasteiger charge is 2.31. The van der Waals surface area contributed by atoms with Crippen LogP contribution >= 0.6 is 46.4 Å². The monoisotopic (exact) mass is 229 g/mol. The minimum Gasteiger partial charge on any atom is -0.771 e. The van der Waals surface area contributed by atoms with E-state index < -0.39 is 19.6 Å². The van der Waals surface area contributed by atoms with Gasteiger partial charge in [0.25, 0.3) is 0 Å². The molecule has 0 aliphatic heterocycles. The van der Waals surface area contributed by atoms with Crippen LogP contribution in [0.5, 0.6) is 0 Å². The molecule has 0 fully saturated rings. The fraction of sp³-hybridized carbons (Fsp3) is 1.00. The van der Waals surface area contributed by atoms with E-state index in [2.05, 4.69) is 0 Å². The van der Waals surface area contributed by atoms with Crippen LogP contribution in [-0.4, -0.2) is 17.3 Å². The predicted octanol–water partition coefficient (Wildman–Crippen LogP) is 1.80. The molecule has 0 radical (unpaired) electrons. The van der Waals surface area contributed by atoms with Crippen molar-refractivity contribution >= 4 is 57.5 Å². The molecule has 0 saturated heterocycles. The molecule has 2 atom stereocenters. The molecular formula is C2HCl4O2S-. The average Bonchev–Trinajstić information content (AvgIpc) is 1.62. The van der Waals surface area contributed by atoms with Crippen molar-refractivity contribution in [2.45, 2.75) is 8.50 Å². The number of hydrogen-bond acceptors (Lipinski definition) is 2. The summed E-state index contributed by atoms with van der Waals surface area (Å²) in [6, 6.07) is 0. The van der Waals surface area contributed by atoms with E-state index >= 15 is 0 Å². The lowest BCUT2D eigenvalue weighted by molar-refractivity contribution is 0.533. The van der Waals surface area contributed by atoms with Crippen molar-refractivity contribution in [3.05, 3.63) is 0 Å². The van der Waals surface area contributed by atoms with Crippen LogP contribution in [0.1, 0.15) is 0 Å². The zero-order valence-corrected chi connectivity index (χ0v) is 7.65. The molecule has 0 bridgehead atoms. The zero-order chi connectivity index (χ0) is 7.65. The maximum atomic E-state index is 9.96. The third kappa shape index (κ3) is 3.86. The predicted molar refractivity (Wildman–Crippen MR) is 38.9 cm³/mol. The van der Waals surface area contributed by atoms with Crippen molar-refractivity contribution in [1.82, 2.24) is 0 Å². The maximum Gasteiger partial charge on any atom is 0.217 e. The standard InChI is InChI=1S/C2H2Cl4O2S/c3-1(9(7)8)2(4,5)6/h1H,(H,7,8)/p-1. The Morgan fingerprint density at radius 2 is 1.78 bits per heavy atom. The van der Waals surface area contributed by atoms with Crippen molar-refractivity contribution in [2.75, 3.05) is 0 Å². The number of halogens is 4. The van der Waals surface area contributed by atoms with Crippen LogP contribution in [-0.2, 0) is 11.1 Å². The molecule has 0 aromatic rings. The Morgan fingerprint density at radius 1 is 1.44 bits per heavy atom. The summed E-state index contributed by atoms with van der Waals surface area (Å²) in [6.07, 6.45) is 0. The molecule has 0 aromatic heterocycles. The molecular weight excluding hydrogens is 230 g/mol. The maximum absolute atomic E-state index is 9.96. The molecule has 0 heterocycles. The van der Waals surface area contributed by atoms with Gasteiger partial charge in [-0.3, -0.25) is 4.21 Å². The normalized spacial score (nSPS) is 19.2. The van der Waals surface area contributed by atoms with E-state index in [-0.39, 0.29) is 0 Å². The second-order valence-corrected chi connectivity index (χ2v) is 5.17. The Bertz CT molecular complexity index is 120. The molecule has 2 nitrogen and oxygen atoms in total. The molecule has 0 saturated carbocycles. The van der Waals surface area contributed by atoms with Crippen molar-refractivity contribution < 1.29 is 8.76 Å². The second-order valence-electron chi connectivity index (χ2n) is 1.12. The van der Waals surface area contributed by atoms with Crippen LogP contribution in [0.4, 0.5) is 0 Å². The lowest BCUT2D eigenvalue weighted by atomic mass is 10.9. The number of alkyl halides is 4. The summed E-state index contributed by atoms with van der Waals surface area (Å²) in [6.45, 7) is 0. The SMILES string of the molecule is O=S([O-])C(Cl)C(Cl)(Cl)Cl. The summed E-state index contributed by atoms with van der Waals surface area (Å²) in [7, 11) is 0. The van der Waals surface area contributed by atoms with Crippen molar-refractivity contribution in [1.29, 1.82) is 0 Å². The Hall–Kier alpha value is 1.27. The van der Waals surface area contributed by atoms with Gasteiger partial charge in [0.15, 0.2) is 0 Å². The second kappa shape index (κ2) is 3.60. The Balaban J connectivity index is 4.04. The van der Waals surface area contributed by atoms with Crippen molar-refractivity contribution in [3.8, 4) is 0 Å². The van der Waals surface area contributed by atoms with Crippen LogP contribution in [0.25, 0.3) is 0 Å². The molecule has 56 valence electrons. The highest BCUT2D eigenvalue weighted by Crippen LogP contribution is 2.34. The van der Waals surface area contributed by atoms with Gasteiger partial charge in [0.2, 0.25) is 3.79 Å². The van der Waals surface area contributed by atoms with Crippen LogP contribution in [0.3, 0.4) is 0 Å². The minimum absolute atomic E-state index is 1.50. The topological polar surface area (TPSA) is 40.1 Å². The molecule has 0 rings (SSSR count). The molecule has 2 unspecified atom stereocenters. The Morgan fingerprint density at radius 3 is 1.78 bits per heavy atom. The van der Waals surface area contributed by atoms with Crippen molar-refractivity contribution in [3.63, 3.8) is 0 Å². The van der Waals surface area contributed by atoms with E-state index in [1.807, 2.05) is 0 Å². The van der Waals surface area contributed by atoms with E-state index in [1.54, 1.807) is 0 Å². The molecule has 0 spiro atoms. The highest BCUT2D eigenvalue weighted by molar-refractivity contribution is 7.81. The first-order valence-corrected chi connectivity index (χ1v) is 4.35. The summed E-state index contributed by atoms with van der Waals surface area (Å²) in [5, 5.41) is 0.